The predicted molar refractivity (Wildman–Crippen MR) is 106 cm³/mol. The second-order valence-corrected chi connectivity index (χ2v) is 8.13. The van der Waals surface area contributed by atoms with Crippen molar-refractivity contribution in [1.29, 1.82) is 0 Å². The molecule has 1 aliphatic heterocycles. The zero-order valence-electron chi connectivity index (χ0n) is 16.0. The van der Waals surface area contributed by atoms with Gasteiger partial charge in [-0.2, -0.15) is 5.10 Å². The summed E-state index contributed by atoms with van der Waals surface area (Å²) < 4.78 is 6.10. The Labute approximate surface area is 162 Å². The fourth-order valence-electron chi connectivity index (χ4n) is 3.77. The van der Waals surface area contributed by atoms with E-state index in [1.807, 2.05) is 36.1 Å². The maximum atomic E-state index is 10.1. The van der Waals surface area contributed by atoms with Crippen molar-refractivity contribution in [3.63, 3.8) is 0 Å². The van der Waals surface area contributed by atoms with Gasteiger partial charge in [-0.3, -0.25) is 5.10 Å². The molecule has 1 saturated heterocycles. The number of nitrogens with one attached hydrogen (secondary N) is 1. The van der Waals surface area contributed by atoms with Gasteiger partial charge in [-0.1, -0.05) is 0 Å². The molecule has 3 heterocycles. The van der Waals surface area contributed by atoms with Crippen LogP contribution in [0.2, 0.25) is 0 Å². The number of aromatic nitrogens is 4. The standard InChI is InChI=1S/C20H24N6O2/c1-11-18(21)16(27)9-26(11)17-8-15(22-10-23-17)19-13-7-12(28-20(2)5-6-20)3-4-14(13)24-25-19/h3-4,7-8,10-11,16,18,27H,5-6,9,21H2,1-2H3,(H,24,25)/t11-,16-,18-/m0/s1. The third-order valence-electron chi connectivity index (χ3n) is 5.92. The Bertz CT molecular complexity index is 1030. The molecule has 146 valence electrons. The topological polar surface area (TPSA) is 113 Å². The number of H-pyrrole nitrogens is 1. The number of β-amino-alcohol motifs (C(OH)–C–C–N with tert-alkyl or cyclic N) is 1. The molecular weight excluding hydrogens is 356 g/mol. The number of nitrogens with zero attached hydrogens (tertiary/aromatic N) is 4. The highest BCUT2D eigenvalue weighted by atomic mass is 16.5. The van der Waals surface area contributed by atoms with Gasteiger partial charge in [0.1, 0.15) is 29.2 Å². The van der Waals surface area contributed by atoms with Crippen LogP contribution in [0.25, 0.3) is 22.3 Å². The number of aromatic amines is 1. The van der Waals surface area contributed by atoms with Gasteiger partial charge < -0.3 is 20.5 Å². The summed E-state index contributed by atoms with van der Waals surface area (Å²) in [7, 11) is 0. The average Bonchev–Trinajstić information content (AvgIpc) is 3.17. The Morgan fingerprint density at radius 3 is 2.82 bits per heavy atom. The van der Waals surface area contributed by atoms with Crippen molar-refractivity contribution in [2.24, 2.45) is 5.73 Å². The average molecular weight is 380 g/mol. The van der Waals surface area contributed by atoms with E-state index in [0.29, 0.717) is 12.2 Å². The highest BCUT2D eigenvalue weighted by Crippen LogP contribution is 2.40. The Morgan fingerprint density at radius 2 is 2.11 bits per heavy atom. The monoisotopic (exact) mass is 380 g/mol. The van der Waals surface area contributed by atoms with Crippen LogP contribution in [-0.2, 0) is 0 Å². The van der Waals surface area contributed by atoms with E-state index in [-0.39, 0.29) is 17.7 Å². The lowest BCUT2D eigenvalue weighted by atomic mass is 10.1. The molecule has 1 aromatic carbocycles. The van der Waals surface area contributed by atoms with Gasteiger partial charge in [-0.15, -0.1) is 0 Å². The van der Waals surface area contributed by atoms with Crippen molar-refractivity contribution in [3.8, 4) is 17.1 Å². The van der Waals surface area contributed by atoms with Crippen LogP contribution in [-0.4, -0.2) is 55.6 Å². The molecule has 5 rings (SSSR count). The summed E-state index contributed by atoms with van der Waals surface area (Å²) in [6, 6.07) is 7.55. The van der Waals surface area contributed by atoms with E-state index in [1.54, 1.807) is 0 Å². The molecule has 28 heavy (non-hydrogen) atoms. The highest BCUT2D eigenvalue weighted by molar-refractivity contribution is 5.93. The van der Waals surface area contributed by atoms with E-state index in [1.165, 1.54) is 6.33 Å². The summed E-state index contributed by atoms with van der Waals surface area (Å²) in [6.07, 6.45) is 3.13. The van der Waals surface area contributed by atoms with Crippen LogP contribution in [0.5, 0.6) is 5.75 Å². The van der Waals surface area contributed by atoms with Gasteiger partial charge >= 0.3 is 0 Å². The van der Waals surface area contributed by atoms with Crippen molar-refractivity contribution in [3.05, 3.63) is 30.6 Å². The first-order valence-electron chi connectivity index (χ1n) is 9.63. The fourth-order valence-corrected chi connectivity index (χ4v) is 3.77. The maximum Gasteiger partial charge on any atom is 0.132 e. The number of aliphatic hydroxyl groups is 1. The second-order valence-electron chi connectivity index (χ2n) is 8.13. The molecule has 1 aliphatic carbocycles. The zero-order valence-corrected chi connectivity index (χ0v) is 16.0. The number of fused-ring (bicyclic) bond motifs is 1. The van der Waals surface area contributed by atoms with Crippen LogP contribution < -0.4 is 15.4 Å². The van der Waals surface area contributed by atoms with Gasteiger partial charge in [-0.25, -0.2) is 9.97 Å². The molecule has 3 aromatic rings. The summed E-state index contributed by atoms with van der Waals surface area (Å²) in [4.78, 5) is 10.8. The molecule has 0 unspecified atom stereocenters. The lowest BCUT2D eigenvalue weighted by Crippen LogP contribution is -2.40. The molecule has 0 bridgehead atoms. The number of hydrogen-bond acceptors (Lipinski definition) is 7. The zero-order chi connectivity index (χ0) is 19.5. The third kappa shape index (κ3) is 2.89. The van der Waals surface area contributed by atoms with Crippen LogP contribution in [0.3, 0.4) is 0 Å². The number of nitrogens with two attached hydrogens (primary N) is 1. The third-order valence-corrected chi connectivity index (χ3v) is 5.92. The summed E-state index contributed by atoms with van der Waals surface area (Å²) in [6.45, 7) is 4.58. The number of aliphatic hydroxyl groups excluding tert-OH is 1. The quantitative estimate of drug-likeness (QED) is 0.633. The second kappa shape index (κ2) is 6.15. The van der Waals surface area contributed by atoms with Crippen LogP contribution in [0.1, 0.15) is 26.7 Å². The number of hydrogen-bond donors (Lipinski definition) is 3. The van der Waals surface area contributed by atoms with Gasteiger partial charge in [0.05, 0.1) is 23.4 Å². The molecule has 2 fully saturated rings. The van der Waals surface area contributed by atoms with Crippen LogP contribution in [0, 0.1) is 0 Å². The first kappa shape index (κ1) is 17.4. The predicted octanol–water partition coefficient (Wildman–Crippen LogP) is 1.85. The summed E-state index contributed by atoms with van der Waals surface area (Å²) in [5, 5.41) is 18.6. The lowest BCUT2D eigenvalue weighted by molar-refractivity contribution is 0.175. The van der Waals surface area contributed by atoms with E-state index in [4.69, 9.17) is 10.5 Å². The molecular formula is C20H24N6O2. The number of rotatable bonds is 4. The lowest BCUT2D eigenvalue weighted by Gasteiger charge is -2.23. The smallest absolute Gasteiger partial charge is 0.132 e. The Hall–Kier alpha value is -2.71. The van der Waals surface area contributed by atoms with E-state index < -0.39 is 6.10 Å². The van der Waals surface area contributed by atoms with Gasteiger partial charge in [0.25, 0.3) is 0 Å². The largest absolute Gasteiger partial charge is 0.488 e. The van der Waals surface area contributed by atoms with Crippen LogP contribution in [0.15, 0.2) is 30.6 Å². The van der Waals surface area contributed by atoms with Gasteiger partial charge in [0.15, 0.2) is 0 Å². The van der Waals surface area contributed by atoms with Crippen molar-refractivity contribution in [1.82, 2.24) is 20.2 Å². The molecule has 1 saturated carbocycles. The van der Waals surface area contributed by atoms with E-state index >= 15 is 0 Å². The molecule has 4 N–H and O–H groups in total. The number of anilines is 1. The van der Waals surface area contributed by atoms with Crippen LogP contribution >= 0.6 is 0 Å². The SMILES string of the molecule is C[C@H]1[C@H](N)[C@@H](O)CN1c1cc(-c2n[nH]c3ccc(OC4(C)CC4)cc23)ncn1. The van der Waals surface area contributed by atoms with Crippen molar-refractivity contribution >= 4 is 16.7 Å². The minimum atomic E-state index is -0.567. The number of benzene rings is 1. The summed E-state index contributed by atoms with van der Waals surface area (Å²) >= 11 is 0. The van der Waals surface area contributed by atoms with Gasteiger partial charge in [0, 0.05) is 24.0 Å². The normalized spacial score (nSPS) is 26.0. The Morgan fingerprint density at radius 1 is 1.29 bits per heavy atom. The van der Waals surface area contributed by atoms with E-state index in [0.717, 1.165) is 41.0 Å². The van der Waals surface area contributed by atoms with Crippen LogP contribution in [0.4, 0.5) is 5.82 Å². The van der Waals surface area contributed by atoms with Crippen molar-refractivity contribution in [2.75, 3.05) is 11.4 Å². The highest BCUT2D eigenvalue weighted by Gasteiger charge is 2.40. The first-order chi connectivity index (χ1) is 13.4. The molecule has 0 spiro atoms. The van der Waals surface area contributed by atoms with Gasteiger partial charge in [0.2, 0.25) is 0 Å². The summed E-state index contributed by atoms with van der Waals surface area (Å²) in [5.74, 6) is 1.57. The minimum Gasteiger partial charge on any atom is -0.488 e. The minimum absolute atomic E-state index is 0.00651. The van der Waals surface area contributed by atoms with Crippen molar-refractivity contribution in [2.45, 2.75) is 50.5 Å². The number of ether oxygens (including phenoxy) is 1. The molecule has 8 nitrogen and oxygen atoms in total. The molecule has 8 heteroatoms. The van der Waals surface area contributed by atoms with Crippen molar-refractivity contribution < 1.29 is 9.84 Å². The molecule has 2 aliphatic rings. The maximum absolute atomic E-state index is 10.1. The molecule has 3 atom stereocenters. The molecule has 0 amide bonds. The van der Waals surface area contributed by atoms with Gasteiger partial charge in [-0.05, 0) is 44.9 Å². The Kier molecular flexibility index (Phi) is 3.82. The van der Waals surface area contributed by atoms with E-state index in [9.17, 15) is 5.11 Å². The molecule has 2 aromatic heterocycles. The first-order valence-corrected chi connectivity index (χ1v) is 9.63. The molecule has 0 radical (unpaired) electrons. The van der Waals surface area contributed by atoms with E-state index in [2.05, 4.69) is 27.1 Å². The fraction of sp³-hybridized carbons (Fsp3) is 0.450. The Balaban J connectivity index is 1.51. The summed E-state index contributed by atoms with van der Waals surface area (Å²) in [5.41, 5.74) is 8.42.